The standard InChI is InChI=1S/C32H36N2O7/c1-20-25(35)13-26(36)28(29(20)40-18-21-9-6-5-7-10-21)30(37)33-16-23-11-8-12-27(24(23)17-33)39-19-22-14-34(15-22)31(38)41-32(2,3)4/h5-13,22,35-36H,14-19H2,1-4H3. The first kappa shape index (κ1) is 28.1. The summed E-state index contributed by atoms with van der Waals surface area (Å²) in [5.74, 6) is 0.155. The third kappa shape index (κ3) is 6.19. The lowest BCUT2D eigenvalue weighted by Crippen LogP contribution is -2.53. The van der Waals surface area contributed by atoms with Crippen LogP contribution in [0.15, 0.2) is 54.6 Å². The maximum absolute atomic E-state index is 13.8. The predicted octanol–water partition coefficient (Wildman–Crippen LogP) is 5.39. The third-order valence-electron chi connectivity index (χ3n) is 7.23. The van der Waals surface area contributed by atoms with E-state index in [2.05, 4.69) is 0 Å². The fraction of sp³-hybridized carbons (Fsp3) is 0.375. The molecule has 2 aliphatic rings. The number of hydrogen-bond donors (Lipinski definition) is 2. The van der Waals surface area contributed by atoms with Crippen molar-refractivity contribution in [1.82, 2.24) is 9.80 Å². The molecule has 216 valence electrons. The Balaban J connectivity index is 1.26. The van der Waals surface area contributed by atoms with E-state index >= 15 is 0 Å². The Hall–Kier alpha value is -4.40. The SMILES string of the molecule is Cc1c(O)cc(O)c(C(=O)N2Cc3cccc(OCC4CN(C(=O)OC(C)(C)C)C4)c3C2)c1OCc1ccccc1. The van der Waals surface area contributed by atoms with E-state index in [4.69, 9.17) is 14.2 Å². The van der Waals surface area contributed by atoms with E-state index in [1.807, 2.05) is 69.3 Å². The zero-order valence-electron chi connectivity index (χ0n) is 23.8. The molecule has 0 radical (unpaired) electrons. The highest BCUT2D eigenvalue weighted by Crippen LogP contribution is 2.41. The maximum Gasteiger partial charge on any atom is 0.410 e. The molecule has 0 spiro atoms. The normalized spacial score (nSPS) is 14.8. The molecule has 0 atom stereocenters. The van der Waals surface area contributed by atoms with Crippen molar-refractivity contribution in [2.75, 3.05) is 19.7 Å². The van der Waals surface area contributed by atoms with Crippen LogP contribution in [0.25, 0.3) is 0 Å². The zero-order valence-corrected chi connectivity index (χ0v) is 23.8. The number of rotatable bonds is 7. The number of ether oxygens (including phenoxy) is 3. The summed E-state index contributed by atoms with van der Waals surface area (Å²) >= 11 is 0. The van der Waals surface area contributed by atoms with Crippen LogP contribution >= 0.6 is 0 Å². The molecule has 3 aromatic carbocycles. The summed E-state index contributed by atoms with van der Waals surface area (Å²) in [5, 5.41) is 21.1. The molecule has 2 aliphatic heterocycles. The Bertz CT molecular complexity index is 1440. The van der Waals surface area contributed by atoms with Gasteiger partial charge in [-0.25, -0.2) is 4.79 Å². The van der Waals surface area contributed by atoms with Crippen LogP contribution in [-0.2, 0) is 24.4 Å². The van der Waals surface area contributed by atoms with Gasteiger partial charge in [0.15, 0.2) is 0 Å². The van der Waals surface area contributed by atoms with E-state index in [1.54, 1.807) is 16.7 Å². The number of amides is 2. The molecule has 5 rings (SSSR count). The first-order valence-corrected chi connectivity index (χ1v) is 13.7. The molecule has 0 bridgehead atoms. The summed E-state index contributed by atoms with van der Waals surface area (Å²) in [6, 6.07) is 16.4. The van der Waals surface area contributed by atoms with Gasteiger partial charge in [0.1, 0.15) is 40.8 Å². The minimum atomic E-state index is -0.531. The average molecular weight is 561 g/mol. The zero-order chi connectivity index (χ0) is 29.3. The molecule has 1 fully saturated rings. The van der Waals surface area contributed by atoms with Crippen molar-refractivity contribution in [3.63, 3.8) is 0 Å². The first-order chi connectivity index (χ1) is 19.5. The summed E-state index contributed by atoms with van der Waals surface area (Å²) in [4.78, 5) is 29.3. The Morgan fingerprint density at radius 3 is 2.37 bits per heavy atom. The number of aromatic hydroxyl groups is 2. The van der Waals surface area contributed by atoms with Crippen molar-refractivity contribution in [1.29, 1.82) is 0 Å². The second-order valence-corrected chi connectivity index (χ2v) is 11.6. The Labute approximate surface area is 239 Å². The van der Waals surface area contributed by atoms with E-state index in [-0.39, 0.29) is 41.4 Å². The molecule has 9 nitrogen and oxygen atoms in total. The van der Waals surface area contributed by atoms with Crippen LogP contribution in [0.4, 0.5) is 4.79 Å². The third-order valence-corrected chi connectivity index (χ3v) is 7.23. The monoisotopic (exact) mass is 560 g/mol. The van der Waals surface area contributed by atoms with Crippen molar-refractivity contribution in [2.24, 2.45) is 5.92 Å². The molecule has 2 heterocycles. The molecule has 9 heteroatoms. The number of carbonyl (C=O) groups is 2. The van der Waals surface area contributed by atoms with Crippen LogP contribution in [-0.4, -0.2) is 57.3 Å². The quantitative estimate of drug-likeness (QED) is 0.399. The Morgan fingerprint density at radius 2 is 1.66 bits per heavy atom. The topological polar surface area (TPSA) is 109 Å². The number of phenolic OH excluding ortho intramolecular Hbond substituents is 2. The second-order valence-electron chi connectivity index (χ2n) is 11.6. The van der Waals surface area contributed by atoms with Crippen LogP contribution in [0.5, 0.6) is 23.0 Å². The number of nitrogens with zero attached hydrogens (tertiary/aromatic N) is 2. The van der Waals surface area contributed by atoms with Crippen molar-refractivity contribution in [3.05, 3.63) is 82.4 Å². The summed E-state index contributed by atoms with van der Waals surface area (Å²) in [7, 11) is 0. The van der Waals surface area contributed by atoms with Crippen LogP contribution in [0.2, 0.25) is 0 Å². The van der Waals surface area contributed by atoms with Gasteiger partial charge in [0, 0.05) is 42.7 Å². The molecule has 0 aliphatic carbocycles. The second kappa shape index (κ2) is 11.2. The molecule has 2 amide bonds. The van der Waals surface area contributed by atoms with E-state index in [1.165, 1.54) is 6.07 Å². The molecule has 0 aromatic heterocycles. The number of phenols is 2. The van der Waals surface area contributed by atoms with Crippen molar-refractivity contribution in [3.8, 4) is 23.0 Å². The molecule has 0 saturated carbocycles. The fourth-order valence-electron chi connectivity index (χ4n) is 5.03. The summed E-state index contributed by atoms with van der Waals surface area (Å²) in [5.41, 5.74) is 2.63. The van der Waals surface area contributed by atoms with Gasteiger partial charge in [-0.1, -0.05) is 42.5 Å². The molecule has 41 heavy (non-hydrogen) atoms. The maximum atomic E-state index is 13.8. The lowest BCUT2D eigenvalue weighted by atomic mass is 10.0. The summed E-state index contributed by atoms with van der Waals surface area (Å²) in [6.45, 7) is 9.60. The largest absolute Gasteiger partial charge is 0.507 e. The Kier molecular flexibility index (Phi) is 7.71. The summed E-state index contributed by atoms with van der Waals surface area (Å²) < 4.78 is 17.6. The van der Waals surface area contributed by atoms with Gasteiger partial charge in [-0.3, -0.25) is 4.79 Å². The molecule has 3 aromatic rings. The molecular formula is C32H36N2O7. The smallest absolute Gasteiger partial charge is 0.410 e. The molecular weight excluding hydrogens is 524 g/mol. The van der Waals surface area contributed by atoms with E-state index in [0.717, 1.165) is 16.7 Å². The number of fused-ring (bicyclic) bond motifs is 1. The van der Waals surface area contributed by atoms with Gasteiger partial charge in [-0.05, 0) is 44.9 Å². The van der Waals surface area contributed by atoms with Gasteiger partial charge in [0.05, 0.1) is 13.2 Å². The number of likely N-dealkylation sites (tertiary alicyclic amines) is 1. The number of hydrogen-bond acceptors (Lipinski definition) is 7. The minimum Gasteiger partial charge on any atom is -0.507 e. The van der Waals surface area contributed by atoms with E-state index in [9.17, 15) is 19.8 Å². The van der Waals surface area contributed by atoms with Crippen LogP contribution in [0.1, 0.15) is 53.4 Å². The Morgan fingerprint density at radius 1 is 0.927 bits per heavy atom. The summed E-state index contributed by atoms with van der Waals surface area (Å²) in [6.07, 6.45) is -0.316. The van der Waals surface area contributed by atoms with Gasteiger partial charge in [-0.15, -0.1) is 0 Å². The van der Waals surface area contributed by atoms with Crippen LogP contribution in [0, 0.1) is 12.8 Å². The van der Waals surface area contributed by atoms with E-state index in [0.29, 0.717) is 44.1 Å². The molecule has 1 saturated heterocycles. The minimum absolute atomic E-state index is 0.0169. The van der Waals surface area contributed by atoms with Gasteiger partial charge >= 0.3 is 6.09 Å². The highest BCUT2D eigenvalue weighted by atomic mass is 16.6. The van der Waals surface area contributed by atoms with Gasteiger partial charge < -0.3 is 34.2 Å². The highest BCUT2D eigenvalue weighted by molar-refractivity contribution is 6.00. The van der Waals surface area contributed by atoms with Gasteiger partial charge in [0.2, 0.25) is 0 Å². The van der Waals surface area contributed by atoms with Crippen LogP contribution in [0.3, 0.4) is 0 Å². The number of carbonyl (C=O) groups excluding carboxylic acids is 2. The molecule has 0 unspecified atom stereocenters. The first-order valence-electron chi connectivity index (χ1n) is 13.7. The number of benzene rings is 3. The van der Waals surface area contributed by atoms with E-state index < -0.39 is 11.5 Å². The average Bonchev–Trinajstić information content (AvgIpc) is 3.33. The van der Waals surface area contributed by atoms with Crippen LogP contribution < -0.4 is 9.47 Å². The lowest BCUT2D eigenvalue weighted by molar-refractivity contribution is -0.00788. The van der Waals surface area contributed by atoms with Crippen molar-refractivity contribution >= 4 is 12.0 Å². The highest BCUT2D eigenvalue weighted by Gasteiger charge is 2.35. The lowest BCUT2D eigenvalue weighted by Gasteiger charge is -2.39. The predicted molar refractivity (Wildman–Crippen MR) is 152 cm³/mol. The fourth-order valence-corrected chi connectivity index (χ4v) is 5.03. The van der Waals surface area contributed by atoms with Gasteiger partial charge in [0.25, 0.3) is 5.91 Å². The molecule has 2 N–H and O–H groups in total. The van der Waals surface area contributed by atoms with Gasteiger partial charge in [-0.2, -0.15) is 0 Å². The van der Waals surface area contributed by atoms with Crippen molar-refractivity contribution in [2.45, 2.75) is 53.0 Å². The van der Waals surface area contributed by atoms with Crippen molar-refractivity contribution < 1.29 is 34.0 Å².